The number of carbonyl (C=O) groups is 1. The highest BCUT2D eigenvalue weighted by Crippen LogP contribution is 2.55. The van der Waals surface area contributed by atoms with Crippen LogP contribution in [-0.4, -0.2) is 10.8 Å². The third-order valence-corrected chi connectivity index (χ3v) is 6.39. The van der Waals surface area contributed by atoms with Crippen molar-refractivity contribution in [2.24, 2.45) is 5.73 Å². The second-order valence-electron chi connectivity index (χ2n) is 7.81. The summed E-state index contributed by atoms with van der Waals surface area (Å²) in [5.41, 5.74) is 7.09. The topological polar surface area (TPSA) is 116 Å². The lowest BCUT2D eigenvalue weighted by Crippen LogP contribution is -2.41. The number of aromatic amines is 1. The van der Waals surface area contributed by atoms with Crippen molar-refractivity contribution in [1.29, 1.82) is 10.5 Å². The number of nitrogens with one attached hydrogen (secondary N) is 1. The number of ketones is 1. The van der Waals surface area contributed by atoms with Crippen molar-refractivity contribution in [3.63, 3.8) is 0 Å². The number of para-hydroxylation sites is 1. The third kappa shape index (κ3) is 1.94. The lowest BCUT2D eigenvalue weighted by molar-refractivity contribution is 0.0937. The van der Waals surface area contributed by atoms with E-state index >= 15 is 0 Å². The smallest absolute Gasteiger partial charge is 0.206 e. The van der Waals surface area contributed by atoms with Crippen LogP contribution < -0.4 is 5.73 Å². The van der Waals surface area contributed by atoms with E-state index in [-0.39, 0.29) is 28.6 Å². The molecule has 0 bridgehead atoms. The molecule has 4 aromatic rings. The second kappa shape index (κ2) is 6.10. The Morgan fingerprint density at radius 2 is 1.66 bits per heavy atom. The normalized spacial score (nSPS) is 19.5. The predicted octanol–water partition coefficient (Wildman–Crippen LogP) is 4.41. The first-order chi connectivity index (χ1) is 15.6. The number of benzene rings is 3. The van der Waals surface area contributed by atoms with Crippen LogP contribution in [0.5, 0.6) is 0 Å². The van der Waals surface area contributed by atoms with Crippen LogP contribution in [0.2, 0.25) is 0 Å². The highest BCUT2D eigenvalue weighted by Gasteiger charge is 2.58. The van der Waals surface area contributed by atoms with Gasteiger partial charge in [-0.15, -0.1) is 0 Å². The van der Waals surface area contributed by atoms with Crippen molar-refractivity contribution in [1.82, 2.24) is 4.98 Å². The highest BCUT2D eigenvalue weighted by molar-refractivity contribution is 6.25. The van der Waals surface area contributed by atoms with Gasteiger partial charge in [0.1, 0.15) is 23.1 Å². The number of Topliss-reactive ketones (excluding diaryl/α,β-unsaturated/α-hetero) is 1. The zero-order valence-electron chi connectivity index (χ0n) is 16.6. The van der Waals surface area contributed by atoms with E-state index in [0.717, 1.165) is 21.7 Å². The Hall–Kier alpha value is -4.81. The van der Waals surface area contributed by atoms with E-state index in [0.29, 0.717) is 16.7 Å². The van der Waals surface area contributed by atoms with Crippen LogP contribution in [-0.2, 0) is 10.2 Å². The maximum absolute atomic E-state index is 14.0. The van der Waals surface area contributed by atoms with Crippen LogP contribution in [0.25, 0.3) is 27.4 Å². The van der Waals surface area contributed by atoms with Gasteiger partial charge < -0.3 is 15.5 Å². The lowest BCUT2D eigenvalue weighted by atomic mass is 9.67. The molecule has 1 aliphatic heterocycles. The van der Waals surface area contributed by atoms with Crippen LogP contribution in [0.1, 0.15) is 21.5 Å². The fourth-order valence-corrected chi connectivity index (χ4v) is 5.08. The molecule has 3 N–H and O–H groups in total. The van der Waals surface area contributed by atoms with Gasteiger partial charge in [0, 0.05) is 28.2 Å². The molecule has 1 aromatic heterocycles. The van der Waals surface area contributed by atoms with Gasteiger partial charge in [-0.3, -0.25) is 4.79 Å². The number of hydrogen-bond acceptors (Lipinski definition) is 5. The highest BCUT2D eigenvalue weighted by atomic mass is 16.5. The Morgan fingerprint density at radius 3 is 2.44 bits per heavy atom. The number of fused-ring (bicyclic) bond motifs is 2. The minimum absolute atomic E-state index is 0.0571. The summed E-state index contributed by atoms with van der Waals surface area (Å²) in [6, 6.07) is 22.8. The van der Waals surface area contributed by atoms with Gasteiger partial charge in [0.15, 0.2) is 11.5 Å². The number of nitrogens with zero attached hydrogens (tertiary/aromatic N) is 2. The van der Waals surface area contributed by atoms with Crippen LogP contribution in [0, 0.1) is 22.7 Å². The molecule has 0 radical (unpaired) electrons. The van der Waals surface area contributed by atoms with Gasteiger partial charge in [0.05, 0.1) is 5.57 Å². The summed E-state index contributed by atoms with van der Waals surface area (Å²) >= 11 is 0. The SMILES string of the molecule is N#CC1=C(N)OC(c2c[nH]c3ccccc23)=C(C#N)[C@@]12C(=O)c1cccc3cccc2c13. The summed E-state index contributed by atoms with van der Waals surface area (Å²) in [4.78, 5) is 17.2. The second-order valence-corrected chi connectivity index (χ2v) is 7.81. The Balaban J connectivity index is 1.78. The number of carbonyl (C=O) groups excluding carboxylic acids is 1. The summed E-state index contributed by atoms with van der Waals surface area (Å²) in [5.74, 6) is -0.342. The van der Waals surface area contributed by atoms with E-state index in [2.05, 4.69) is 17.1 Å². The fourth-order valence-electron chi connectivity index (χ4n) is 5.08. The number of allylic oxidation sites excluding steroid dienone is 2. The molecule has 0 saturated heterocycles. The molecular weight excluding hydrogens is 400 g/mol. The number of nitrogens with two attached hydrogens (primary N) is 1. The molecule has 2 heterocycles. The Kier molecular flexibility index (Phi) is 3.43. The van der Waals surface area contributed by atoms with Gasteiger partial charge in [-0.25, -0.2) is 0 Å². The van der Waals surface area contributed by atoms with Gasteiger partial charge in [0.25, 0.3) is 0 Å². The molecule has 0 amide bonds. The summed E-state index contributed by atoms with van der Waals surface area (Å²) in [7, 11) is 0. The van der Waals surface area contributed by atoms with Gasteiger partial charge >= 0.3 is 0 Å². The lowest BCUT2D eigenvalue weighted by Gasteiger charge is -2.34. The van der Waals surface area contributed by atoms with Gasteiger partial charge in [0.2, 0.25) is 5.88 Å². The van der Waals surface area contributed by atoms with Crippen molar-refractivity contribution < 1.29 is 9.53 Å². The van der Waals surface area contributed by atoms with Crippen LogP contribution >= 0.6 is 0 Å². The van der Waals surface area contributed by atoms with E-state index in [4.69, 9.17) is 10.5 Å². The van der Waals surface area contributed by atoms with Crippen molar-refractivity contribution in [3.05, 3.63) is 101 Å². The first kappa shape index (κ1) is 18.0. The van der Waals surface area contributed by atoms with Crippen molar-refractivity contribution in [3.8, 4) is 12.1 Å². The molecule has 6 rings (SSSR count). The van der Waals surface area contributed by atoms with Gasteiger partial charge in [-0.2, -0.15) is 10.5 Å². The summed E-state index contributed by atoms with van der Waals surface area (Å²) in [6.45, 7) is 0. The van der Waals surface area contributed by atoms with Crippen LogP contribution in [0.3, 0.4) is 0 Å². The van der Waals surface area contributed by atoms with Crippen molar-refractivity contribution >= 4 is 33.2 Å². The molecule has 0 saturated carbocycles. The molecular formula is C26H14N4O2. The average molecular weight is 414 g/mol. The van der Waals surface area contributed by atoms with Gasteiger partial charge in [-0.1, -0.05) is 54.6 Å². The zero-order valence-corrected chi connectivity index (χ0v) is 16.6. The van der Waals surface area contributed by atoms with Gasteiger partial charge in [-0.05, 0) is 22.4 Å². The molecule has 150 valence electrons. The van der Waals surface area contributed by atoms with E-state index in [9.17, 15) is 15.3 Å². The largest absolute Gasteiger partial charge is 0.439 e. The molecule has 3 aromatic carbocycles. The number of nitriles is 2. The predicted molar refractivity (Wildman–Crippen MR) is 119 cm³/mol. The molecule has 6 heteroatoms. The van der Waals surface area contributed by atoms with Crippen LogP contribution in [0.4, 0.5) is 0 Å². The maximum atomic E-state index is 14.0. The minimum Gasteiger partial charge on any atom is -0.439 e. The van der Waals surface area contributed by atoms with E-state index in [1.807, 2.05) is 42.5 Å². The molecule has 32 heavy (non-hydrogen) atoms. The van der Waals surface area contributed by atoms with E-state index in [1.165, 1.54) is 0 Å². The average Bonchev–Trinajstić information content (AvgIpc) is 3.35. The fraction of sp³-hybridized carbons (Fsp3) is 0.0385. The minimum atomic E-state index is -1.65. The molecule has 1 atom stereocenters. The Bertz CT molecular complexity index is 1650. The molecule has 1 aliphatic carbocycles. The first-order valence-corrected chi connectivity index (χ1v) is 9.99. The maximum Gasteiger partial charge on any atom is 0.206 e. The monoisotopic (exact) mass is 414 g/mol. The van der Waals surface area contributed by atoms with E-state index in [1.54, 1.807) is 24.4 Å². The first-order valence-electron chi connectivity index (χ1n) is 9.99. The standard InChI is InChI=1S/C26H14N4O2/c27-11-19-23(17-13-30-21-10-2-1-7-15(17)21)32-25(29)20(12-28)26(19)18-9-4-6-14-5-3-8-16(22(14)18)24(26)31/h1-10,13,30H,29H2/t26-/m1/s1. The third-order valence-electron chi connectivity index (χ3n) is 6.39. The molecule has 0 unspecified atom stereocenters. The van der Waals surface area contributed by atoms with Crippen molar-refractivity contribution in [2.45, 2.75) is 5.41 Å². The zero-order chi connectivity index (χ0) is 22.0. The number of aromatic nitrogens is 1. The summed E-state index contributed by atoms with van der Waals surface area (Å²) in [6.07, 6.45) is 1.73. The molecule has 6 nitrogen and oxygen atoms in total. The summed E-state index contributed by atoms with van der Waals surface area (Å²) < 4.78 is 5.90. The number of hydrogen-bond donors (Lipinski definition) is 2. The Labute approximate surface area is 182 Å². The number of ether oxygens (including phenoxy) is 1. The number of H-pyrrole nitrogens is 1. The van der Waals surface area contributed by atoms with E-state index < -0.39 is 5.41 Å². The molecule has 1 spiro atoms. The van der Waals surface area contributed by atoms with Crippen LogP contribution in [0.15, 0.2) is 83.9 Å². The summed E-state index contributed by atoms with van der Waals surface area (Å²) in [5, 5.41) is 22.9. The van der Waals surface area contributed by atoms with Crippen molar-refractivity contribution in [2.75, 3.05) is 0 Å². The quantitative estimate of drug-likeness (QED) is 0.478. The Morgan fingerprint density at radius 1 is 0.906 bits per heavy atom. The molecule has 2 aliphatic rings. The number of rotatable bonds is 1. The molecule has 0 fully saturated rings.